The summed E-state index contributed by atoms with van der Waals surface area (Å²) in [4.78, 5) is 2.38. The number of methoxy groups -OCH3 is 1. The second-order valence-corrected chi connectivity index (χ2v) is 5.86. The number of aliphatic hydroxyl groups excluding tert-OH is 1. The number of hydrogen-bond acceptors (Lipinski definition) is 6. The van der Waals surface area contributed by atoms with Gasteiger partial charge in [-0.2, -0.15) is 0 Å². The highest BCUT2D eigenvalue weighted by Crippen LogP contribution is 2.25. The fraction of sp³-hybridized carbons (Fsp3) is 0.529. The van der Waals surface area contributed by atoms with Gasteiger partial charge in [-0.15, -0.1) is 10.2 Å². The third kappa shape index (κ3) is 3.89. The lowest BCUT2D eigenvalue weighted by molar-refractivity contribution is 0.195. The molecule has 3 rings (SSSR count). The van der Waals surface area contributed by atoms with Crippen LogP contribution in [0.5, 0.6) is 5.75 Å². The van der Waals surface area contributed by atoms with Crippen molar-refractivity contribution in [3.8, 4) is 17.2 Å². The monoisotopic (exact) mass is 317 g/mol. The Labute approximate surface area is 136 Å². The van der Waals surface area contributed by atoms with Gasteiger partial charge < -0.3 is 14.3 Å². The van der Waals surface area contributed by atoms with Crippen LogP contribution in [0.25, 0.3) is 11.5 Å². The summed E-state index contributed by atoms with van der Waals surface area (Å²) >= 11 is 0. The van der Waals surface area contributed by atoms with Crippen molar-refractivity contribution in [2.75, 3.05) is 20.3 Å². The second-order valence-electron chi connectivity index (χ2n) is 5.86. The normalized spacial score (nSPS) is 18.4. The van der Waals surface area contributed by atoms with E-state index in [9.17, 15) is 0 Å². The molecule has 1 aliphatic heterocycles. The molecule has 2 aromatic rings. The number of nitrogens with zero attached hydrogens (tertiary/aromatic N) is 3. The summed E-state index contributed by atoms with van der Waals surface area (Å²) in [5.41, 5.74) is 0.891. The van der Waals surface area contributed by atoms with E-state index in [4.69, 9.17) is 14.3 Å². The molecule has 124 valence electrons. The molecular formula is C17H23N3O3. The Morgan fingerprint density at radius 2 is 2.13 bits per heavy atom. The Bertz CT molecular complexity index is 612. The molecule has 1 fully saturated rings. The summed E-state index contributed by atoms with van der Waals surface area (Å²) in [7, 11) is 1.64. The predicted octanol–water partition coefficient (Wildman–Crippen LogP) is 2.48. The number of hydrogen-bond donors (Lipinski definition) is 1. The van der Waals surface area contributed by atoms with Crippen molar-refractivity contribution in [1.29, 1.82) is 0 Å². The van der Waals surface area contributed by atoms with E-state index < -0.39 is 0 Å². The smallest absolute Gasteiger partial charge is 0.247 e. The van der Waals surface area contributed by atoms with Crippen LogP contribution in [0.1, 0.15) is 31.6 Å². The van der Waals surface area contributed by atoms with Crippen LogP contribution in [-0.2, 0) is 6.54 Å². The van der Waals surface area contributed by atoms with Crippen molar-refractivity contribution in [3.63, 3.8) is 0 Å². The molecule has 1 aromatic heterocycles. The van der Waals surface area contributed by atoms with Crippen molar-refractivity contribution in [2.24, 2.45) is 0 Å². The molecule has 0 amide bonds. The maximum Gasteiger partial charge on any atom is 0.247 e. The van der Waals surface area contributed by atoms with E-state index >= 15 is 0 Å². The summed E-state index contributed by atoms with van der Waals surface area (Å²) in [5, 5.41) is 17.3. The molecule has 1 aromatic carbocycles. The first-order chi connectivity index (χ1) is 11.3. The molecule has 23 heavy (non-hydrogen) atoms. The number of ether oxygens (including phenoxy) is 1. The average Bonchev–Trinajstić information content (AvgIpc) is 3.23. The van der Waals surface area contributed by atoms with Crippen molar-refractivity contribution in [2.45, 2.75) is 38.3 Å². The summed E-state index contributed by atoms with van der Waals surface area (Å²) in [6.45, 7) is 1.99. The van der Waals surface area contributed by atoms with Gasteiger partial charge >= 0.3 is 0 Å². The Morgan fingerprint density at radius 1 is 1.30 bits per heavy atom. The molecule has 0 bridgehead atoms. The van der Waals surface area contributed by atoms with Gasteiger partial charge in [-0.25, -0.2) is 0 Å². The van der Waals surface area contributed by atoms with E-state index in [1.165, 1.54) is 12.8 Å². The van der Waals surface area contributed by atoms with Crippen LogP contribution >= 0.6 is 0 Å². The summed E-state index contributed by atoms with van der Waals surface area (Å²) in [6.07, 6.45) is 4.24. The minimum atomic E-state index is 0.256. The van der Waals surface area contributed by atoms with Gasteiger partial charge in [-0.05, 0) is 56.5 Å². The van der Waals surface area contributed by atoms with Crippen LogP contribution in [0, 0.1) is 0 Å². The van der Waals surface area contributed by atoms with E-state index in [1.807, 2.05) is 24.3 Å². The van der Waals surface area contributed by atoms with Gasteiger partial charge in [-0.3, -0.25) is 4.90 Å². The lowest BCUT2D eigenvalue weighted by atomic mass is 10.1. The highest BCUT2D eigenvalue weighted by atomic mass is 16.5. The van der Waals surface area contributed by atoms with Crippen LogP contribution in [0.3, 0.4) is 0 Å². The maximum absolute atomic E-state index is 9.00. The molecule has 1 saturated heterocycles. The first-order valence-corrected chi connectivity index (χ1v) is 8.12. The van der Waals surface area contributed by atoms with Crippen LogP contribution in [0.4, 0.5) is 0 Å². The summed E-state index contributed by atoms with van der Waals surface area (Å²) in [6, 6.07) is 8.10. The Morgan fingerprint density at radius 3 is 2.87 bits per heavy atom. The van der Waals surface area contributed by atoms with Crippen LogP contribution < -0.4 is 4.74 Å². The molecule has 0 aliphatic carbocycles. The molecule has 2 heterocycles. The minimum absolute atomic E-state index is 0.256. The number of rotatable bonds is 7. The van der Waals surface area contributed by atoms with Gasteiger partial charge in [0, 0.05) is 18.2 Å². The van der Waals surface area contributed by atoms with Crippen molar-refractivity contribution < 1.29 is 14.3 Å². The van der Waals surface area contributed by atoms with Gasteiger partial charge in [0.15, 0.2) is 0 Å². The van der Waals surface area contributed by atoms with E-state index in [-0.39, 0.29) is 6.61 Å². The molecule has 1 N–H and O–H groups in total. The first kappa shape index (κ1) is 16.0. The zero-order valence-electron chi connectivity index (χ0n) is 13.4. The largest absolute Gasteiger partial charge is 0.497 e. The number of aromatic nitrogens is 2. The van der Waals surface area contributed by atoms with E-state index in [0.29, 0.717) is 24.4 Å². The van der Waals surface area contributed by atoms with Crippen LogP contribution in [0.15, 0.2) is 28.7 Å². The highest BCUT2D eigenvalue weighted by molar-refractivity contribution is 5.53. The Balaban J connectivity index is 1.64. The zero-order chi connectivity index (χ0) is 16.1. The fourth-order valence-corrected chi connectivity index (χ4v) is 3.10. The van der Waals surface area contributed by atoms with E-state index in [0.717, 1.165) is 30.7 Å². The van der Waals surface area contributed by atoms with Gasteiger partial charge in [0.05, 0.1) is 13.7 Å². The molecule has 0 spiro atoms. The van der Waals surface area contributed by atoms with Crippen molar-refractivity contribution >= 4 is 0 Å². The first-order valence-electron chi connectivity index (χ1n) is 8.12. The fourth-order valence-electron chi connectivity index (χ4n) is 3.10. The van der Waals surface area contributed by atoms with Gasteiger partial charge in [0.1, 0.15) is 5.75 Å². The SMILES string of the molecule is COc1ccc(-c2nnc(CN3CCCC3CCCO)o2)cc1. The third-order valence-corrected chi connectivity index (χ3v) is 4.34. The molecule has 1 unspecified atom stereocenters. The van der Waals surface area contributed by atoms with E-state index in [1.54, 1.807) is 7.11 Å². The lowest BCUT2D eigenvalue weighted by Gasteiger charge is -2.22. The number of likely N-dealkylation sites (tertiary alicyclic amines) is 1. The maximum atomic E-state index is 9.00. The molecule has 0 saturated carbocycles. The molecule has 0 radical (unpaired) electrons. The third-order valence-electron chi connectivity index (χ3n) is 4.34. The summed E-state index contributed by atoms with van der Waals surface area (Å²) < 4.78 is 11.0. The number of benzene rings is 1. The summed E-state index contributed by atoms with van der Waals surface area (Å²) in [5.74, 6) is 1.98. The lowest BCUT2D eigenvalue weighted by Crippen LogP contribution is -2.29. The minimum Gasteiger partial charge on any atom is -0.497 e. The second kappa shape index (κ2) is 7.57. The molecule has 1 atom stereocenters. The molecule has 6 heteroatoms. The predicted molar refractivity (Wildman–Crippen MR) is 86.0 cm³/mol. The molecular weight excluding hydrogens is 294 g/mol. The topological polar surface area (TPSA) is 71.6 Å². The van der Waals surface area contributed by atoms with Gasteiger partial charge in [0.25, 0.3) is 0 Å². The quantitative estimate of drug-likeness (QED) is 0.846. The number of aliphatic hydroxyl groups is 1. The standard InChI is InChI=1S/C17H23N3O3/c1-22-15-8-6-13(7-9-15)17-19-18-16(23-17)12-20-10-2-4-14(20)5-3-11-21/h6-9,14,21H,2-5,10-12H2,1H3. The van der Waals surface area contributed by atoms with Gasteiger partial charge in [0.2, 0.25) is 11.8 Å². The van der Waals surface area contributed by atoms with Crippen LogP contribution in [0.2, 0.25) is 0 Å². The van der Waals surface area contributed by atoms with Gasteiger partial charge in [-0.1, -0.05) is 0 Å². The zero-order valence-corrected chi connectivity index (χ0v) is 13.4. The average molecular weight is 317 g/mol. The van der Waals surface area contributed by atoms with Crippen molar-refractivity contribution in [3.05, 3.63) is 30.2 Å². The van der Waals surface area contributed by atoms with E-state index in [2.05, 4.69) is 15.1 Å². The van der Waals surface area contributed by atoms with Crippen molar-refractivity contribution in [1.82, 2.24) is 15.1 Å². The Hall–Kier alpha value is -1.92. The molecule has 1 aliphatic rings. The highest BCUT2D eigenvalue weighted by Gasteiger charge is 2.25. The molecule has 6 nitrogen and oxygen atoms in total. The Kier molecular flexibility index (Phi) is 5.25. The van der Waals surface area contributed by atoms with Crippen LogP contribution in [-0.4, -0.2) is 46.5 Å².